The molecule has 0 aliphatic heterocycles. The van der Waals surface area contributed by atoms with Gasteiger partial charge in [0.05, 0.1) is 0 Å². The molecule has 0 aliphatic carbocycles. The van der Waals surface area contributed by atoms with Crippen LogP contribution in [0.1, 0.15) is 26.7 Å². The first-order valence-electron chi connectivity index (χ1n) is 3.87. The Hall–Kier alpha value is -0.380. The first-order chi connectivity index (χ1) is 5.20. The first kappa shape index (κ1) is 10.6. The average Bonchev–Trinajstić information content (AvgIpc) is 1.98. The molecule has 0 atom stereocenters. The average molecular weight is 176 g/mol. The maximum atomic E-state index is 10.2. The molecule has 0 aromatic carbocycles. The van der Waals surface area contributed by atoms with E-state index in [1.165, 1.54) is 11.9 Å². The molecule has 0 spiro atoms. The Morgan fingerprint density at radius 2 is 2.09 bits per heavy atom. The number of nitrogens with two attached hydrogens (primary N) is 1. The summed E-state index contributed by atoms with van der Waals surface area (Å²) in [5.74, 6) is 1.64. The van der Waals surface area contributed by atoms with Gasteiger partial charge in [-0.1, -0.05) is 26.7 Å². The van der Waals surface area contributed by atoms with Crippen LogP contribution in [0, 0.1) is 5.92 Å². The summed E-state index contributed by atoms with van der Waals surface area (Å²) in [7, 11) is 0. The van der Waals surface area contributed by atoms with Crippen molar-refractivity contribution in [2.24, 2.45) is 11.7 Å². The summed E-state index contributed by atoms with van der Waals surface area (Å²) in [5, 5.41) is 0. The molecule has 11 heavy (non-hydrogen) atoms. The predicted octanol–water partition coefficient (Wildman–Crippen LogP) is 1.74. The largest absolute Gasteiger partial charge is 0.351 e. The Morgan fingerprint density at radius 1 is 1.55 bits per heavy atom. The smallest absolute Gasteiger partial charge is 0.322 e. The molecule has 0 aromatic heterocycles. The highest BCUT2D eigenvalue weighted by molar-refractivity contribution is 7.97. The Labute approximate surface area is 72.2 Å². The second-order valence-electron chi connectivity index (χ2n) is 2.46. The van der Waals surface area contributed by atoms with E-state index in [4.69, 9.17) is 5.73 Å². The lowest BCUT2D eigenvalue weighted by Crippen LogP contribution is -2.24. The highest BCUT2D eigenvalue weighted by atomic mass is 32.2. The van der Waals surface area contributed by atoms with Gasteiger partial charge in [-0.15, -0.1) is 0 Å². The lowest BCUT2D eigenvalue weighted by molar-refractivity contribution is 0.254. The van der Waals surface area contributed by atoms with Crippen LogP contribution in [0.25, 0.3) is 0 Å². The second kappa shape index (κ2) is 6.34. The summed E-state index contributed by atoms with van der Waals surface area (Å²) in [6.45, 7) is 4.30. The van der Waals surface area contributed by atoms with Gasteiger partial charge < -0.3 is 5.73 Å². The maximum absolute atomic E-state index is 10.2. The lowest BCUT2D eigenvalue weighted by Gasteiger charge is -2.10. The van der Waals surface area contributed by atoms with Crippen molar-refractivity contribution in [3.05, 3.63) is 0 Å². The van der Waals surface area contributed by atoms with Gasteiger partial charge >= 0.3 is 6.03 Å². The van der Waals surface area contributed by atoms with Crippen LogP contribution in [0.4, 0.5) is 4.79 Å². The van der Waals surface area contributed by atoms with E-state index in [9.17, 15) is 4.79 Å². The minimum atomic E-state index is -0.457. The van der Waals surface area contributed by atoms with Gasteiger partial charge in [0, 0.05) is 5.75 Å². The second-order valence-corrected chi connectivity index (χ2v) is 3.29. The van der Waals surface area contributed by atoms with Crippen LogP contribution >= 0.6 is 11.9 Å². The molecule has 0 bridgehead atoms. The zero-order chi connectivity index (χ0) is 8.69. The topological polar surface area (TPSA) is 55.1 Å². The fourth-order valence-corrected chi connectivity index (χ4v) is 1.69. The Kier molecular flexibility index (Phi) is 6.12. The molecule has 2 amide bonds. The highest BCUT2D eigenvalue weighted by Gasteiger charge is 2.03. The van der Waals surface area contributed by atoms with E-state index >= 15 is 0 Å². The summed E-state index contributed by atoms with van der Waals surface area (Å²) in [4.78, 5) is 10.2. The third-order valence-corrected chi connectivity index (χ3v) is 2.63. The predicted molar refractivity (Wildman–Crippen MR) is 49.2 cm³/mol. The van der Waals surface area contributed by atoms with Gasteiger partial charge in [0.15, 0.2) is 0 Å². The molecule has 0 saturated heterocycles. The first-order valence-corrected chi connectivity index (χ1v) is 4.86. The fourth-order valence-electron chi connectivity index (χ4n) is 0.755. The summed E-state index contributed by atoms with van der Waals surface area (Å²) < 4.78 is 2.50. The van der Waals surface area contributed by atoms with Crippen LogP contribution in [0.2, 0.25) is 0 Å². The molecule has 0 saturated carbocycles. The van der Waals surface area contributed by atoms with Crippen LogP contribution in [0.15, 0.2) is 0 Å². The Balaban J connectivity index is 3.28. The van der Waals surface area contributed by atoms with E-state index in [0.717, 1.165) is 18.6 Å². The van der Waals surface area contributed by atoms with Crippen LogP contribution < -0.4 is 10.5 Å². The monoisotopic (exact) mass is 176 g/mol. The summed E-state index contributed by atoms with van der Waals surface area (Å²) in [6, 6.07) is -0.457. The summed E-state index contributed by atoms with van der Waals surface area (Å²) in [6.07, 6.45) is 2.31. The third kappa shape index (κ3) is 6.04. The number of amides is 2. The summed E-state index contributed by atoms with van der Waals surface area (Å²) >= 11 is 1.39. The van der Waals surface area contributed by atoms with Crippen molar-refractivity contribution in [3.63, 3.8) is 0 Å². The summed E-state index contributed by atoms with van der Waals surface area (Å²) in [5.41, 5.74) is 4.89. The van der Waals surface area contributed by atoms with Gasteiger partial charge in [0.25, 0.3) is 0 Å². The molecule has 0 radical (unpaired) electrons. The van der Waals surface area contributed by atoms with Crippen LogP contribution in [-0.4, -0.2) is 11.8 Å². The molecule has 66 valence electrons. The number of hydrogen-bond donors (Lipinski definition) is 2. The van der Waals surface area contributed by atoms with Crippen LogP contribution in [-0.2, 0) is 0 Å². The number of rotatable bonds is 5. The van der Waals surface area contributed by atoms with Crippen LogP contribution in [0.5, 0.6) is 0 Å². The Morgan fingerprint density at radius 3 is 2.45 bits per heavy atom. The van der Waals surface area contributed by atoms with Crippen molar-refractivity contribution in [1.29, 1.82) is 0 Å². The number of urea groups is 1. The molecule has 0 aliphatic rings. The van der Waals surface area contributed by atoms with Gasteiger partial charge in [-0.3, -0.25) is 4.72 Å². The number of hydrogen-bond acceptors (Lipinski definition) is 2. The number of primary amides is 1. The lowest BCUT2D eigenvalue weighted by atomic mass is 10.1. The number of carbonyl (C=O) groups excluding carboxylic acids is 1. The normalized spacial score (nSPS) is 10.1. The highest BCUT2D eigenvalue weighted by Crippen LogP contribution is 2.12. The van der Waals surface area contributed by atoms with E-state index in [-0.39, 0.29) is 0 Å². The maximum Gasteiger partial charge on any atom is 0.322 e. The van der Waals surface area contributed by atoms with Crippen molar-refractivity contribution < 1.29 is 4.79 Å². The van der Waals surface area contributed by atoms with E-state index in [0.29, 0.717) is 5.92 Å². The molecule has 0 fully saturated rings. The molecular formula is C7H16N2OS. The molecule has 0 heterocycles. The molecule has 3 nitrogen and oxygen atoms in total. The van der Waals surface area contributed by atoms with E-state index in [1.807, 2.05) is 0 Å². The molecule has 0 unspecified atom stereocenters. The standard InChI is InChI=1S/C7H16N2OS/c1-3-6(4-2)5-11-9-7(8)10/h6H,3-5H2,1-2H3,(H3,8,9,10). The van der Waals surface area contributed by atoms with Crippen molar-refractivity contribution in [2.45, 2.75) is 26.7 Å². The molecular weight excluding hydrogens is 160 g/mol. The zero-order valence-corrected chi connectivity index (χ0v) is 7.91. The minimum absolute atomic E-state index is 0.457. The van der Waals surface area contributed by atoms with Crippen molar-refractivity contribution in [3.8, 4) is 0 Å². The number of carbonyl (C=O) groups is 1. The van der Waals surface area contributed by atoms with Gasteiger partial charge in [0.2, 0.25) is 0 Å². The molecule has 0 aromatic rings. The molecule has 3 N–H and O–H groups in total. The third-order valence-electron chi connectivity index (χ3n) is 1.65. The van der Waals surface area contributed by atoms with E-state index < -0.39 is 6.03 Å². The van der Waals surface area contributed by atoms with Gasteiger partial charge in [-0.25, -0.2) is 4.79 Å². The van der Waals surface area contributed by atoms with E-state index in [2.05, 4.69) is 18.6 Å². The Bertz CT molecular complexity index is 115. The van der Waals surface area contributed by atoms with Crippen molar-refractivity contribution in [1.82, 2.24) is 4.72 Å². The van der Waals surface area contributed by atoms with Crippen molar-refractivity contribution >= 4 is 18.0 Å². The van der Waals surface area contributed by atoms with Crippen LogP contribution in [0.3, 0.4) is 0 Å². The molecule has 4 heteroatoms. The minimum Gasteiger partial charge on any atom is -0.351 e. The van der Waals surface area contributed by atoms with E-state index in [1.54, 1.807) is 0 Å². The molecule has 0 rings (SSSR count). The number of nitrogens with one attached hydrogen (secondary N) is 1. The van der Waals surface area contributed by atoms with Gasteiger partial charge in [-0.05, 0) is 17.9 Å². The quantitative estimate of drug-likeness (QED) is 0.627. The SMILES string of the molecule is CCC(CC)CSNC(N)=O. The zero-order valence-electron chi connectivity index (χ0n) is 7.09. The van der Waals surface area contributed by atoms with Crippen molar-refractivity contribution in [2.75, 3.05) is 5.75 Å². The van der Waals surface area contributed by atoms with Gasteiger partial charge in [0.1, 0.15) is 0 Å². The van der Waals surface area contributed by atoms with Gasteiger partial charge in [-0.2, -0.15) is 0 Å². The fraction of sp³-hybridized carbons (Fsp3) is 0.857.